The predicted molar refractivity (Wildman–Crippen MR) is 71.7 cm³/mol. The maximum absolute atomic E-state index is 6.01. The van der Waals surface area contributed by atoms with Crippen molar-refractivity contribution in [1.29, 1.82) is 0 Å². The number of nitrogens with one attached hydrogen (secondary N) is 1. The number of rotatable bonds is 4. The van der Waals surface area contributed by atoms with E-state index in [-0.39, 0.29) is 0 Å². The van der Waals surface area contributed by atoms with Gasteiger partial charge in [-0.25, -0.2) is 9.97 Å². The van der Waals surface area contributed by atoms with Crippen LogP contribution in [0.5, 0.6) is 0 Å². The van der Waals surface area contributed by atoms with Crippen molar-refractivity contribution in [3.63, 3.8) is 0 Å². The lowest BCUT2D eigenvalue weighted by Gasteiger charge is -2.30. The fourth-order valence-electron chi connectivity index (χ4n) is 2.43. The maximum atomic E-state index is 6.01. The molecule has 3 nitrogen and oxygen atoms in total. The van der Waals surface area contributed by atoms with E-state index in [2.05, 4.69) is 15.3 Å². The van der Waals surface area contributed by atoms with Crippen LogP contribution in [0.2, 0.25) is 5.02 Å². The topological polar surface area (TPSA) is 37.8 Å². The minimum Gasteiger partial charge on any atom is -0.368 e. The number of anilines is 1. The van der Waals surface area contributed by atoms with E-state index in [1.54, 1.807) is 6.20 Å². The molecule has 0 aliphatic heterocycles. The summed E-state index contributed by atoms with van der Waals surface area (Å²) in [6.07, 6.45) is 8.21. The molecular formula is C12H17Cl2N3. The van der Waals surface area contributed by atoms with Gasteiger partial charge in [0.1, 0.15) is 17.2 Å². The summed E-state index contributed by atoms with van der Waals surface area (Å²) >= 11 is 12.0. The average molecular weight is 274 g/mol. The number of nitrogens with zero attached hydrogens (tertiary/aromatic N) is 2. The summed E-state index contributed by atoms with van der Waals surface area (Å²) < 4.78 is 0. The van der Waals surface area contributed by atoms with Crippen LogP contribution in [-0.4, -0.2) is 22.4 Å². The number of alkyl halides is 1. The Kier molecular flexibility index (Phi) is 4.86. The summed E-state index contributed by atoms with van der Waals surface area (Å²) in [5.41, 5.74) is 0. The van der Waals surface area contributed by atoms with E-state index in [9.17, 15) is 0 Å². The van der Waals surface area contributed by atoms with Gasteiger partial charge in [-0.15, -0.1) is 11.6 Å². The molecule has 1 heterocycles. The average Bonchev–Trinajstić information content (AvgIpc) is 2.38. The Balaban J connectivity index is 1.90. The van der Waals surface area contributed by atoms with Gasteiger partial charge in [-0.05, 0) is 24.7 Å². The van der Waals surface area contributed by atoms with Crippen LogP contribution in [-0.2, 0) is 0 Å². The Morgan fingerprint density at radius 2 is 2.06 bits per heavy atom. The highest BCUT2D eigenvalue weighted by molar-refractivity contribution is 6.32. The molecule has 2 atom stereocenters. The summed E-state index contributed by atoms with van der Waals surface area (Å²) in [4.78, 5) is 7.99. The molecular weight excluding hydrogens is 257 g/mol. The molecule has 1 aliphatic rings. The summed E-state index contributed by atoms with van der Waals surface area (Å²) in [5, 5.41) is 3.88. The molecule has 0 bridgehead atoms. The summed E-state index contributed by atoms with van der Waals surface area (Å²) in [5.74, 6) is 2.73. The smallest absolute Gasteiger partial charge is 0.148 e. The van der Waals surface area contributed by atoms with Gasteiger partial charge in [0.15, 0.2) is 0 Å². The van der Waals surface area contributed by atoms with Crippen molar-refractivity contribution in [2.45, 2.75) is 25.7 Å². The second-order valence-corrected chi connectivity index (χ2v) is 5.27. The zero-order valence-corrected chi connectivity index (χ0v) is 11.2. The molecule has 1 aliphatic carbocycles. The van der Waals surface area contributed by atoms with Crippen LogP contribution in [0.4, 0.5) is 5.82 Å². The standard InChI is InChI=1S/C12H17Cl2N3/c13-5-9-3-1-2-4-10(9)6-16-12-11(14)7-15-8-17-12/h7-10H,1-6H2,(H,15,16,17). The molecule has 1 N–H and O–H groups in total. The molecule has 2 rings (SSSR count). The van der Waals surface area contributed by atoms with Gasteiger partial charge in [0.2, 0.25) is 0 Å². The van der Waals surface area contributed by atoms with Crippen molar-refractivity contribution in [1.82, 2.24) is 9.97 Å². The molecule has 1 aromatic heterocycles. The highest BCUT2D eigenvalue weighted by Crippen LogP contribution is 2.31. The second kappa shape index (κ2) is 6.41. The zero-order valence-electron chi connectivity index (χ0n) is 9.70. The first-order chi connectivity index (χ1) is 8.31. The summed E-state index contributed by atoms with van der Waals surface area (Å²) in [7, 11) is 0. The van der Waals surface area contributed by atoms with Gasteiger partial charge >= 0.3 is 0 Å². The third-order valence-corrected chi connectivity index (χ3v) is 4.14. The third kappa shape index (κ3) is 3.46. The van der Waals surface area contributed by atoms with Crippen LogP contribution in [0.3, 0.4) is 0 Å². The van der Waals surface area contributed by atoms with Crippen LogP contribution in [0.15, 0.2) is 12.5 Å². The number of aromatic nitrogens is 2. The Morgan fingerprint density at radius 1 is 1.29 bits per heavy atom. The summed E-state index contributed by atoms with van der Waals surface area (Å²) in [6.45, 7) is 0.897. The summed E-state index contributed by atoms with van der Waals surface area (Å²) in [6, 6.07) is 0. The van der Waals surface area contributed by atoms with Gasteiger partial charge in [-0.1, -0.05) is 24.4 Å². The van der Waals surface area contributed by atoms with Crippen LogP contribution >= 0.6 is 23.2 Å². The van der Waals surface area contributed by atoms with Crippen LogP contribution in [0.25, 0.3) is 0 Å². The lowest BCUT2D eigenvalue weighted by Crippen LogP contribution is -2.27. The molecule has 0 amide bonds. The van der Waals surface area contributed by atoms with Gasteiger partial charge in [0, 0.05) is 12.4 Å². The van der Waals surface area contributed by atoms with E-state index in [4.69, 9.17) is 23.2 Å². The van der Waals surface area contributed by atoms with Crippen molar-refractivity contribution < 1.29 is 0 Å². The molecule has 17 heavy (non-hydrogen) atoms. The van der Waals surface area contributed by atoms with E-state index >= 15 is 0 Å². The molecule has 2 unspecified atom stereocenters. The van der Waals surface area contributed by atoms with E-state index in [1.165, 1.54) is 32.0 Å². The maximum Gasteiger partial charge on any atom is 0.148 e. The van der Waals surface area contributed by atoms with Crippen LogP contribution < -0.4 is 5.32 Å². The van der Waals surface area contributed by atoms with Gasteiger partial charge < -0.3 is 5.32 Å². The van der Waals surface area contributed by atoms with Crippen molar-refractivity contribution in [3.8, 4) is 0 Å². The largest absolute Gasteiger partial charge is 0.368 e. The van der Waals surface area contributed by atoms with E-state index < -0.39 is 0 Å². The number of hydrogen-bond donors (Lipinski definition) is 1. The van der Waals surface area contributed by atoms with Gasteiger partial charge in [0.05, 0.1) is 6.20 Å². The molecule has 0 radical (unpaired) electrons. The Labute approximate surface area is 112 Å². The van der Waals surface area contributed by atoms with E-state index in [0.717, 1.165) is 18.2 Å². The normalized spacial score (nSPS) is 24.6. The molecule has 5 heteroatoms. The molecule has 0 saturated heterocycles. The highest BCUT2D eigenvalue weighted by Gasteiger charge is 2.24. The predicted octanol–water partition coefficient (Wildman–Crippen LogP) is 3.59. The van der Waals surface area contributed by atoms with Crippen molar-refractivity contribution >= 4 is 29.0 Å². The molecule has 94 valence electrons. The quantitative estimate of drug-likeness (QED) is 0.853. The second-order valence-electron chi connectivity index (χ2n) is 4.56. The number of hydrogen-bond acceptors (Lipinski definition) is 3. The van der Waals surface area contributed by atoms with Crippen LogP contribution in [0, 0.1) is 11.8 Å². The monoisotopic (exact) mass is 273 g/mol. The van der Waals surface area contributed by atoms with Gasteiger partial charge in [0.25, 0.3) is 0 Å². The minimum atomic E-state index is 0.575. The van der Waals surface area contributed by atoms with Crippen molar-refractivity contribution in [2.75, 3.05) is 17.7 Å². The third-order valence-electron chi connectivity index (χ3n) is 3.46. The van der Waals surface area contributed by atoms with Gasteiger partial charge in [-0.3, -0.25) is 0 Å². The molecule has 0 spiro atoms. The minimum absolute atomic E-state index is 0.575. The first kappa shape index (κ1) is 12.9. The Morgan fingerprint density at radius 3 is 2.76 bits per heavy atom. The van der Waals surface area contributed by atoms with E-state index in [1.807, 2.05) is 0 Å². The van der Waals surface area contributed by atoms with Crippen LogP contribution in [0.1, 0.15) is 25.7 Å². The SMILES string of the molecule is ClCC1CCCCC1CNc1ncncc1Cl. The number of halogens is 2. The van der Waals surface area contributed by atoms with Gasteiger partial charge in [-0.2, -0.15) is 0 Å². The Hall–Kier alpha value is -0.540. The lowest BCUT2D eigenvalue weighted by molar-refractivity contribution is 0.272. The molecule has 1 saturated carbocycles. The molecule has 1 aromatic rings. The first-order valence-electron chi connectivity index (χ1n) is 6.06. The fourth-order valence-corrected chi connectivity index (χ4v) is 3.01. The molecule has 0 aromatic carbocycles. The zero-order chi connectivity index (χ0) is 12.1. The lowest BCUT2D eigenvalue weighted by atomic mass is 9.80. The first-order valence-corrected chi connectivity index (χ1v) is 6.98. The van der Waals surface area contributed by atoms with Crippen molar-refractivity contribution in [3.05, 3.63) is 17.5 Å². The van der Waals surface area contributed by atoms with E-state index in [0.29, 0.717) is 16.9 Å². The molecule has 1 fully saturated rings. The Bertz CT molecular complexity index is 359. The highest BCUT2D eigenvalue weighted by atomic mass is 35.5. The van der Waals surface area contributed by atoms with Crippen molar-refractivity contribution in [2.24, 2.45) is 11.8 Å². The fraction of sp³-hybridized carbons (Fsp3) is 0.667.